The molecule has 0 bridgehead atoms. The van der Waals surface area contributed by atoms with Crippen LogP contribution in [0.2, 0.25) is 0 Å². The van der Waals surface area contributed by atoms with Gasteiger partial charge in [0.05, 0.1) is 18.6 Å². The lowest BCUT2D eigenvalue weighted by Gasteiger charge is -2.58. The van der Waals surface area contributed by atoms with Gasteiger partial charge in [-0.05, 0) is 66.2 Å². The van der Waals surface area contributed by atoms with Crippen molar-refractivity contribution in [2.24, 2.45) is 11.3 Å². The third kappa shape index (κ3) is 4.03. The molecule has 3 aromatic carbocycles. The summed E-state index contributed by atoms with van der Waals surface area (Å²) in [7, 11) is 1.66. The van der Waals surface area contributed by atoms with Crippen LogP contribution in [0.25, 0.3) is 6.08 Å². The summed E-state index contributed by atoms with van der Waals surface area (Å²) < 4.78 is 12.2. The Morgan fingerprint density at radius 3 is 2.30 bits per heavy atom. The zero-order valence-corrected chi connectivity index (χ0v) is 21.3. The average Bonchev–Trinajstić information content (AvgIpc) is 3.25. The van der Waals surface area contributed by atoms with Gasteiger partial charge in [-0.25, -0.2) is 0 Å². The lowest BCUT2D eigenvalue weighted by atomic mass is 9.55. The van der Waals surface area contributed by atoms with Gasteiger partial charge in [-0.1, -0.05) is 79.2 Å². The van der Waals surface area contributed by atoms with E-state index in [-0.39, 0.29) is 17.6 Å². The van der Waals surface area contributed by atoms with Crippen molar-refractivity contribution in [3.63, 3.8) is 0 Å². The number of aliphatic hydroxyl groups is 1. The minimum atomic E-state index is -1.26. The van der Waals surface area contributed by atoms with Crippen LogP contribution in [0.3, 0.4) is 0 Å². The number of hydrogen-bond donors (Lipinski definition) is 1. The van der Waals surface area contributed by atoms with Crippen molar-refractivity contribution in [1.29, 1.82) is 0 Å². The number of Topliss-reactive ketones (excluding diaryl/α,β-unsaturated/α-hetero) is 1. The van der Waals surface area contributed by atoms with Gasteiger partial charge < -0.3 is 14.6 Å². The first-order chi connectivity index (χ1) is 18.0. The maximum atomic E-state index is 14.7. The highest BCUT2D eigenvalue weighted by atomic mass is 16.6. The maximum absolute atomic E-state index is 14.7. The lowest BCUT2D eigenvalue weighted by Crippen LogP contribution is -2.59. The molecule has 37 heavy (non-hydrogen) atoms. The molecule has 0 radical (unpaired) electrons. The monoisotopic (exact) mass is 494 g/mol. The van der Waals surface area contributed by atoms with Crippen LogP contribution in [0.5, 0.6) is 5.75 Å². The summed E-state index contributed by atoms with van der Waals surface area (Å²) in [4.78, 5) is 14.7. The zero-order valence-electron chi connectivity index (χ0n) is 21.3. The molecule has 190 valence electrons. The van der Waals surface area contributed by atoms with Gasteiger partial charge in [0.2, 0.25) is 0 Å². The quantitative estimate of drug-likeness (QED) is 0.403. The van der Waals surface area contributed by atoms with Gasteiger partial charge in [0.25, 0.3) is 0 Å². The number of allylic oxidation sites excluding steroid dienone is 1. The van der Waals surface area contributed by atoms with Crippen molar-refractivity contribution in [2.75, 3.05) is 7.11 Å². The second kappa shape index (κ2) is 9.59. The summed E-state index contributed by atoms with van der Waals surface area (Å²) in [5.74, 6) is -0.656. The molecule has 3 aromatic rings. The zero-order chi connectivity index (χ0) is 25.5. The van der Waals surface area contributed by atoms with E-state index >= 15 is 0 Å². The molecule has 0 unspecified atom stereocenters. The maximum Gasteiger partial charge on any atom is 0.169 e. The summed E-state index contributed by atoms with van der Waals surface area (Å²) in [6.45, 7) is 0. The number of ketones is 1. The Balaban J connectivity index is 1.55. The molecule has 1 N–H and O–H groups in total. The lowest BCUT2D eigenvalue weighted by molar-refractivity contribution is -0.330. The van der Waals surface area contributed by atoms with Gasteiger partial charge >= 0.3 is 0 Å². The fourth-order valence-electron chi connectivity index (χ4n) is 7.20. The number of benzene rings is 3. The van der Waals surface area contributed by atoms with Gasteiger partial charge in [-0.15, -0.1) is 0 Å². The van der Waals surface area contributed by atoms with Gasteiger partial charge in [0.15, 0.2) is 11.6 Å². The van der Waals surface area contributed by atoms with Gasteiger partial charge in [0, 0.05) is 18.3 Å². The molecular weight excluding hydrogens is 460 g/mol. The van der Waals surface area contributed by atoms with Crippen LogP contribution in [0.1, 0.15) is 67.2 Å². The molecule has 0 aromatic heterocycles. The van der Waals surface area contributed by atoms with Crippen LogP contribution in [0.4, 0.5) is 0 Å². The Morgan fingerprint density at radius 1 is 0.892 bits per heavy atom. The number of carbonyl (C=O) groups excluding carboxylic acids is 1. The summed E-state index contributed by atoms with van der Waals surface area (Å²) in [6.07, 6.45) is 6.26. The Morgan fingerprint density at radius 2 is 1.59 bits per heavy atom. The summed E-state index contributed by atoms with van der Waals surface area (Å²) in [5, 5.41) is 12.0. The topological polar surface area (TPSA) is 55.8 Å². The standard InChI is InChI=1S/C33H34O4/c1-36-27-17-15-24(16-18-27)29-28-14-8-9-20-33(28,35)37-31(25-12-6-3-7-13-25)32(29)21-19-26(30(32)34)22-23-10-4-2-5-11-23/h2-7,10-13,15-18,22,28-29,31,35H,8-9,14,19-21H2,1H3/b26-22+/t28-,29+,31-,32-,33-/m1/s1. The molecule has 1 aliphatic heterocycles. The molecular formula is C33H34O4. The van der Waals surface area contributed by atoms with E-state index in [0.29, 0.717) is 19.3 Å². The van der Waals surface area contributed by atoms with E-state index in [2.05, 4.69) is 12.1 Å². The minimum absolute atomic E-state index is 0.152. The summed E-state index contributed by atoms with van der Waals surface area (Å²) >= 11 is 0. The Hall–Kier alpha value is -3.21. The summed E-state index contributed by atoms with van der Waals surface area (Å²) in [5.41, 5.74) is 3.10. The molecule has 4 heteroatoms. The molecule has 6 rings (SSSR count). The van der Waals surface area contributed by atoms with E-state index in [1.807, 2.05) is 78.9 Å². The van der Waals surface area contributed by atoms with Crippen molar-refractivity contribution in [2.45, 2.75) is 56.3 Å². The van der Waals surface area contributed by atoms with Crippen molar-refractivity contribution in [3.05, 3.63) is 107 Å². The summed E-state index contributed by atoms with van der Waals surface area (Å²) in [6, 6.07) is 28.2. The number of carbonyl (C=O) groups is 1. The average molecular weight is 495 g/mol. The third-order valence-electron chi connectivity index (χ3n) is 8.87. The van der Waals surface area contributed by atoms with Gasteiger partial charge in [-0.2, -0.15) is 0 Å². The van der Waals surface area contributed by atoms with Crippen molar-refractivity contribution in [1.82, 2.24) is 0 Å². The Bertz CT molecular complexity index is 1280. The third-order valence-corrected chi connectivity index (χ3v) is 8.87. The van der Waals surface area contributed by atoms with Crippen molar-refractivity contribution in [3.8, 4) is 5.75 Å². The van der Waals surface area contributed by atoms with Crippen LogP contribution in [0.15, 0.2) is 90.5 Å². The number of methoxy groups -OCH3 is 1. The van der Waals surface area contributed by atoms with Crippen LogP contribution >= 0.6 is 0 Å². The van der Waals surface area contributed by atoms with Crippen LogP contribution in [-0.2, 0) is 9.53 Å². The largest absolute Gasteiger partial charge is 0.497 e. The number of ether oxygens (including phenoxy) is 2. The molecule has 5 atom stereocenters. The normalized spacial score (nSPS) is 32.4. The highest BCUT2D eigenvalue weighted by Gasteiger charge is 2.66. The minimum Gasteiger partial charge on any atom is -0.497 e. The predicted molar refractivity (Wildman–Crippen MR) is 144 cm³/mol. The molecule has 3 aliphatic rings. The molecule has 4 nitrogen and oxygen atoms in total. The van der Waals surface area contributed by atoms with E-state index in [1.54, 1.807) is 7.11 Å². The molecule has 1 spiro atoms. The SMILES string of the molecule is COc1ccc([C@H]2[C@H]3CCCC[C@@]3(O)O[C@H](c3ccccc3)[C@]23CC/C(=C\c2ccccc2)C3=O)cc1. The second-order valence-corrected chi connectivity index (χ2v) is 10.8. The highest BCUT2D eigenvalue weighted by Crippen LogP contribution is 2.67. The first-order valence-electron chi connectivity index (χ1n) is 13.4. The first-order valence-corrected chi connectivity index (χ1v) is 13.4. The Labute approximate surface area is 218 Å². The Kier molecular flexibility index (Phi) is 6.26. The molecule has 2 saturated carbocycles. The molecule has 1 heterocycles. The van der Waals surface area contributed by atoms with E-state index in [1.165, 1.54) is 0 Å². The number of hydrogen-bond acceptors (Lipinski definition) is 4. The molecule has 0 amide bonds. The van der Waals surface area contributed by atoms with Crippen LogP contribution < -0.4 is 4.74 Å². The highest BCUT2D eigenvalue weighted by molar-refractivity contribution is 6.07. The van der Waals surface area contributed by atoms with E-state index < -0.39 is 17.3 Å². The number of fused-ring (bicyclic) bond motifs is 1. The fourth-order valence-corrected chi connectivity index (χ4v) is 7.20. The molecule has 1 saturated heterocycles. The van der Waals surface area contributed by atoms with Crippen LogP contribution in [-0.4, -0.2) is 23.8 Å². The van der Waals surface area contributed by atoms with Crippen molar-refractivity contribution >= 4 is 11.9 Å². The smallest absolute Gasteiger partial charge is 0.169 e. The van der Waals surface area contributed by atoms with Gasteiger partial charge in [-0.3, -0.25) is 4.79 Å². The second-order valence-electron chi connectivity index (χ2n) is 10.8. The fraction of sp³-hybridized carbons (Fsp3) is 0.364. The number of rotatable bonds is 4. The van der Waals surface area contributed by atoms with E-state index in [0.717, 1.165) is 47.3 Å². The molecule has 2 aliphatic carbocycles. The van der Waals surface area contributed by atoms with Gasteiger partial charge in [0.1, 0.15) is 5.75 Å². The van der Waals surface area contributed by atoms with Crippen molar-refractivity contribution < 1.29 is 19.4 Å². The molecule has 3 fully saturated rings. The predicted octanol–water partition coefficient (Wildman–Crippen LogP) is 6.86. The first kappa shape index (κ1) is 24.1. The van der Waals surface area contributed by atoms with E-state index in [4.69, 9.17) is 9.47 Å². The van der Waals surface area contributed by atoms with E-state index in [9.17, 15) is 9.90 Å². The van der Waals surface area contributed by atoms with Crippen LogP contribution in [0, 0.1) is 11.3 Å².